The Morgan fingerprint density at radius 2 is 1.35 bits per heavy atom. The molecule has 3 rings (SSSR count). The molecule has 0 radical (unpaired) electrons. The quantitative estimate of drug-likeness (QED) is 0.644. The molecule has 2 aromatic carbocycles. The van der Waals surface area contributed by atoms with Gasteiger partial charge in [0.15, 0.2) is 14.7 Å². The summed E-state index contributed by atoms with van der Waals surface area (Å²) in [4.78, 5) is 2.78. The van der Waals surface area contributed by atoms with Crippen molar-refractivity contribution in [1.29, 1.82) is 0 Å². The van der Waals surface area contributed by atoms with Gasteiger partial charge in [-0.05, 0) is 73.7 Å². The van der Waals surface area contributed by atoms with Crippen LogP contribution in [-0.4, -0.2) is 5.67 Å². The molecule has 1 atom stereocenters. The summed E-state index contributed by atoms with van der Waals surface area (Å²) in [6.07, 6.45) is 5.50. The Bertz CT molecular complexity index is 698. The molecule has 1 aliphatic rings. The van der Waals surface area contributed by atoms with E-state index in [1.54, 1.807) is 36.4 Å². The Kier molecular flexibility index (Phi) is 4.35. The van der Waals surface area contributed by atoms with Gasteiger partial charge in [0.2, 0.25) is 0 Å². The molecule has 0 heterocycles. The van der Waals surface area contributed by atoms with Crippen LogP contribution in [0.5, 0.6) is 0 Å². The highest BCUT2D eigenvalue weighted by Crippen LogP contribution is 2.35. The molecule has 0 nitrogen and oxygen atoms in total. The topological polar surface area (TPSA) is 0 Å². The van der Waals surface area contributed by atoms with E-state index in [4.69, 9.17) is 0 Å². The van der Waals surface area contributed by atoms with Crippen LogP contribution in [0.25, 0.3) is 0 Å². The first-order chi connectivity index (χ1) is 10.9. The van der Waals surface area contributed by atoms with Crippen LogP contribution < -0.4 is 0 Å². The van der Waals surface area contributed by atoms with Crippen LogP contribution >= 0.6 is 0 Å². The number of benzene rings is 2. The summed E-state index contributed by atoms with van der Waals surface area (Å²) in [6, 6.07) is 12.5. The minimum Gasteiger partial charge on any atom is -0.239 e. The number of halogens is 3. The summed E-state index contributed by atoms with van der Waals surface area (Å²) >= 11 is 0. The van der Waals surface area contributed by atoms with Crippen LogP contribution in [0.2, 0.25) is 0 Å². The van der Waals surface area contributed by atoms with E-state index >= 15 is 0 Å². The highest BCUT2D eigenvalue weighted by Gasteiger charge is 2.33. The minimum absolute atomic E-state index is 0.296. The molecule has 0 saturated heterocycles. The van der Waals surface area contributed by atoms with Gasteiger partial charge in [0.25, 0.3) is 0 Å². The Balaban J connectivity index is 2.04. The van der Waals surface area contributed by atoms with Gasteiger partial charge >= 0.3 is 0 Å². The largest absolute Gasteiger partial charge is 0.239 e. The second-order valence-electron chi connectivity index (χ2n) is 5.64. The van der Waals surface area contributed by atoms with Crippen molar-refractivity contribution in [2.24, 2.45) is 0 Å². The summed E-state index contributed by atoms with van der Waals surface area (Å²) in [5, 5.41) is 0. The standard InChI is InChI=1S/C19H16F3S/c1-19(22)12-10-18(11-13-19)23(16-6-2-14(20)3-7-16)17-8-4-15(21)5-9-17/h2-12H,13H2,1H3/q+1. The van der Waals surface area contributed by atoms with Gasteiger partial charge < -0.3 is 0 Å². The van der Waals surface area contributed by atoms with Gasteiger partial charge in [-0.3, -0.25) is 0 Å². The van der Waals surface area contributed by atoms with Crippen LogP contribution in [0.4, 0.5) is 13.2 Å². The third-order valence-electron chi connectivity index (χ3n) is 3.63. The van der Waals surface area contributed by atoms with Crippen molar-refractivity contribution >= 4 is 10.9 Å². The molecule has 0 amide bonds. The predicted molar refractivity (Wildman–Crippen MR) is 88.1 cm³/mol. The molecule has 0 aliphatic heterocycles. The van der Waals surface area contributed by atoms with E-state index in [-0.39, 0.29) is 11.6 Å². The molecule has 23 heavy (non-hydrogen) atoms. The van der Waals surface area contributed by atoms with Gasteiger partial charge in [0.05, 0.1) is 10.9 Å². The van der Waals surface area contributed by atoms with E-state index in [1.807, 2.05) is 6.08 Å². The lowest BCUT2D eigenvalue weighted by molar-refractivity contribution is 0.259. The van der Waals surface area contributed by atoms with Crippen LogP contribution in [0.1, 0.15) is 13.3 Å². The fourth-order valence-corrected chi connectivity index (χ4v) is 4.48. The number of hydrogen-bond donors (Lipinski definition) is 0. The summed E-state index contributed by atoms with van der Waals surface area (Å²) in [5.74, 6) is -0.609. The first-order valence-electron chi connectivity index (χ1n) is 7.28. The van der Waals surface area contributed by atoms with E-state index in [9.17, 15) is 13.2 Å². The van der Waals surface area contributed by atoms with Gasteiger partial charge in [0, 0.05) is 6.42 Å². The van der Waals surface area contributed by atoms with E-state index in [2.05, 4.69) is 0 Å². The van der Waals surface area contributed by atoms with Crippen molar-refractivity contribution in [1.82, 2.24) is 0 Å². The Morgan fingerprint density at radius 3 is 1.74 bits per heavy atom. The van der Waals surface area contributed by atoms with Crippen molar-refractivity contribution in [3.05, 3.63) is 83.3 Å². The zero-order chi connectivity index (χ0) is 16.4. The first-order valence-corrected chi connectivity index (χ1v) is 8.51. The van der Waals surface area contributed by atoms with Crippen LogP contribution in [0.3, 0.4) is 0 Å². The van der Waals surface area contributed by atoms with Gasteiger partial charge in [-0.15, -0.1) is 0 Å². The Labute approximate surface area is 136 Å². The molecule has 4 heteroatoms. The van der Waals surface area contributed by atoms with Gasteiger partial charge in [-0.1, -0.05) is 0 Å². The van der Waals surface area contributed by atoms with Crippen LogP contribution in [-0.2, 0) is 10.9 Å². The fraction of sp³-hybridized carbons (Fsp3) is 0.158. The number of alkyl halides is 1. The highest BCUT2D eigenvalue weighted by molar-refractivity contribution is 8.00. The smallest absolute Gasteiger partial charge is 0.166 e. The first kappa shape index (κ1) is 15.9. The average molecular weight is 333 g/mol. The van der Waals surface area contributed by atoms with E-state index in [1.165, 1.54) is 31.2 Å². The molecule has 0 bridgehead atoms. The molecule has 0 spiro atoms. The number of hydrogen-bond acceptors (Lipinski definition) is 0. The SMILES string of the molecule is CC1(F)C=CC([S+](c2ccc(F)cc2)c2ccc(F)cc2)=CC1. The zero-order valence-electron chi connectivity index (χ0n) is 12.6. The van der Waals surface area contributed by atoms with Crippen molar-refractivity contribution in [2.75, 3.05) is 0 Å². The Hall–Kier alpha value is -1.94. The monoisotopic (exact) mass is 333 g/mol. The maximum absolute atomic E-state index is 14.0. The summed E-state index contributed by atoms with van der Waals surface area (Å²) in [7, 11) is -0.513. The van der Waals surface area contributed by atoms with Crippen molar-refractivity contribution < 1.29 is 13.2 Å². The highest BCUT2D eigenvalue weighted by atomic mass is 32.2. The third kappa shape index (κ3) is 3.70. The second-order valence-corrected chi connectivity index (χ2v) is 7.66. The molecule has 1 aliphatic carbocycles. The van der Waals surface area contributed by atoms with Crippen LogP contribution in [0, 0.1) is 11.6 Å². The number of rotatable bonds is 3. The van der Waals surface area contributed by atoms with E-state index in [0.717, 1.165) is 14.7 Å². The lowest BCUT2D eigenvalue weighted by atomic mass is 10.0. The third-order valence-corrected chi connectivity index (χ3v) is 5.89. The average Bonchev–Trinajstić information content (AvgIpc) is 2.53. The lowest BCUT2D eigenvalue weighted by Crippen LogP contribution is -2.18. The maximum atomic E-state index is 14.0. The molecule has 0 aromatic heterocycles. The molecule has 1 unspecified atom stereocenters. The Morgan fingerprint density at radius 1 is 0.870 bits per heavy atom. The predicted octanol–water partition coefficient (Wildman–Crippen LogP) is 5.57. The van der Waals surface area contributed by atoms with E-state index < -0.39 is 16.6 Å². The minimum atomic E-state index is -1.34. The second kappa shape index (κ2) is 6.28. The van der Waals surface area contributed by atoms with Crippen LogP contribution in [0.15, 0.2) is 81.5 Å². The molecular formula is C19H16F3S+. The maximum Gasteiger partial charge on any atom is 0.166 e. The summed E-state index contributed by atoms with van der Waals surface area (Å²) in [5.41, 5.74) is -1.34. The van der Waals surface area contributed by atoms with E-state index in [0.29, 0.717) is 6.42 Å². The zero-order valence-corrected chi connectivity index (χ0v) is 13.4. The summed E-state index contributed by atoms with van der Waals surface area (Å²) in [6.45, 7) is 1.53. The lowest BCUT2D eigenvalue weighted by Gasteiger charge is -2.18. The normalized spacial score (nSPS) is 20.7. The van der Waals surface area contributed by atoms with Gasteiger partial charge in [-0.2, -0.15) is 0 Å². The molecule has 118 valence electrons. The molecular weight excluding hydrogens is 317 g/mol. The van der Waals surface area contributed by atoms with Crippen molar-refractivity contribution in [3.63, 3.8) is 0 Å². The fourth-order valence-electron chi connectivity index (χ4n) is 2.39. The van der Waals surface area contributed by atoms with Crippen molar-refractivity contribution in [3.8, 4) is 0 Å². The molecule has 2 aromatic rings. The van der Waals surface area contributed by atoms with Crippen molar-refractivity contribution in [2.45, 2.75) is 28.8 Å². The summed E-state index contributed by atoms with van der Waals surface area (Å²) < 4.78 is 40.4. The van der Waals surface area contributed by atoms with Gasteiger partial charge in [0.1, 0.15) is 17.3 Å². The number of allylic oxidation sites excluding steroid dienone is 3. The molecule has 0 fully saturated rings. The molecule has 0 saturated carbocycles. The molecule has 0 N–H and O–H groups in total. The van der Waals surface area contributed by atoms with Gasteiger partial charge in [-0.25, -0.2) is 13.2 Å².